The Balaban J connectivity index is 0.000000133. The van der Waals surface area contributed by atoms with Crippen molar-refractivity contribution in [1.82, 2.24) is 19.9 Å². The zero-order valence-electron chi connectivity index (χ0n) is 44.7. The third kappa shape index (κ3) is 13.1. The van der Waals surface area contributed by atoms with E-state index in [1.54, 1.807) is 17.6 Å². The fraction of sp³-hybridized carbons (Fsp3) is 0.176. The van der Waals surface area contributed by atoms with E-state index in [9.17, 15) is 0 Å². The van der Waals surface area contributed by atoms with E-state index >= 15 is 0 Å². The van der Waals surface area contributed by atoms with E-state index in [4.69, 9.17) is 9.97 Å². The number of aromatic nitrogens is 4. The molecule has 0 spiro atoms. The molecule has 4 nitrogen and oxygen atoms in total. The first-order chi connectivity index (χ1) is 37.0. The molecule has 2 saturated carbocycles. The molecular weight excluding hydrogens is 1380 g/mol. The summed E-state index contributed by atoms with van der Waals surface area (Å²) in [5.41, 5.74) is 11.4. The van der Waals surface area contributed by atoms with Crippen LogP contribution in [0.2, 0.25) is 39.3 Å². The van der Waals surface area contributed by atoms with Gasteiger partial charge >= 0.3 is 0 Å². The predicted octanol–water partition coefficient (Wildman–Crippen LogP) is 17.8. The summed E-state index contributed by atoms with van der Waals surface area (Å²) in [5, 5.41) is 8.72. The normalized spacial score (nSPS) is 13.0. The molecule has 0 atom stereocenters. The van der Waals surface area contributed by atoms with Gasteiger partial charge in [-0.2, -0.15) is 22.7 Å². The molecule has 0 unspecified atom stereocenters. The fourth-order valence-corrected chi connectivity index (χ4v) is 15.6. The van der Waals surface area contributed by atoms with Crippen molar-refractivity contribution in [3.63, 3.8) is 0 Å². The Morgan fingerprint density at radius 1 is 0.410 bits per heavy atom. The molecule has 2 radical (unpaired) electrons. The van der Waals surface area contributed by atoms with Crippen LogP contribution in [0.1, 0.15) is 48.6 Å². The number of hydrogen-bond acceptors (Lipinski definition) is 6. The number of rotatable bonds is 8. The average molecular weight is 1440 g/mol. The van der Waals surface area contributed by atoms with Crippen LogP contribution in [-0.2, 0) is 40.2 Å². The van der Waals surface area contributed by atoms with Crippen LogP contribution < -0.4 is 10.4 Å². The van der Waals surface area contributed by atoms with Crippen LogP contribution in [0, 0.1) is 24.3 Å². The average Bonchev–Trinajstić information content (AvgIpc) is 4.50. The molecule has 0 bridgehead atoms. The van der Waals surface area contributed by atoms with Gasteiger partial charge in [-0.3, -0.25) is 0 Å². The maximum absolute atomic E-state index is 4.72. The van der Waals surface area contributed by atoms with Gasteiger partial charge in [-0.1, -0.05) is 133 Å². The molecule has 2 aliphatic rings. The van der Waals surface area contributed by atoms with Crippen molar-refractivity contribution < 1.29 is 40.2 Å². The van der Waals surface area contributed by atoms with Crippen LogP contribution in [0.4, 0.5) is 0 Å². The van der Waals surface area contributed by atoms with Crippen molar-refractivity contribution in [1.29, 1.82) is 0 Å². The molecule has 78 heavy (non-hydrogen) atoms. The zero-order valence-corrected chi connectivity index (χ0v) is 53.2. The quantitative estimate of drug-likeness (QED) is 0.112. The summed E-state index contributed by atoms with van der Waals surface area (Å²) in [6, 6.07) is 71.9. The molecule has 14 rings (SSSR count). The second-order valence-corrected chi connectivity index (χ2v) is 33.9. The second kappa shape index (κ2) is 25.0. The van der Waals surface area contributed by atoms with Crippen molar-refractivity contribution in [3.8, 4) is 45.0 Å². The summed E-state index contributed by atoms with van der Waals surface area (Å²) in [4.78, 5) is 17.8. The molecule has 2 aliphatic carbocycles. The first-order valence-corrected chi connectivity index (χ1v) is 35.0. The van der Waals surface area contributed by atoms with Gasteiger partial charge in [0.2, 0.25) is 0 Å². The van der Waals surface area contributed by atoms with Crippen LogP contribution in [0.25, 0.3) is 85.4 Å². The molecular formula is C68H60Ir2N4S2Si2-4. The number of hydrogen-bond donors (Lipinski definition) is 0. The van der Waals surface area contributed by atoms with Crippen LogP contribution in [0.3, 0.4) is 0 Å². The molecule has 10 heteroatoms. The van der Waals surface area contributed by atoms with Gasteiger partial charge in [-0.15, -0.1) is 118 Å². The van der Waals surface area contributed by atoms with Crippen LogP contribution in [0.15, 0.2) is 195 Å². The molecule has 6 aromatic heterocycles. The van der Waals surface area contributed by atoms with E-state index in [1.807, 2.05) is 120 Å². The van der Waals surface area contributed by atoms with Gasteiger partial charge in [0, 0.05) is 82.5 Å². The minimum atomic E-state index is -1.47. The molecule has 394 valence electrons. The summed E-state index contributed by atoms with van der Waals surface area (Å²) >= 11 is 3.79. The van der Waals surface area contributed by atoms with Crippen LogP contribution in [0.5, 0.6) is 0 Å². The summed E-state index contributed by atoms with van der Waals surface area (Å²) in [6.07, 6.45) is 12.8. The van der Waals surface area contributed by atoms with Gasteiger partial charge < -0.3 is 19.9 Å². The van der Waals surface area contributed by atoms with E-state index in [0.717, 1.165) is 51.3 Å². The summed E-state index contributed by atoms with van der Waals surface area (Å²) in [7, 11) is -2.88. The molecule has 6 heterocycles. The number of pyridine rings is 4. The van der Waals surface area contributed by atoms with E-state index < -0.39 is 16.1 Å². The Hall–Kier alpha value is -5.91. The standard InChI is InChI=1S/2C23H22NSSi.2C11H8N.2Ir/c1-26(2,3)21-9-5-8-20-22(21)18-7-4-6-17(23(18)25-20)19-14-16(12-13-24-19)15-10-11-15;1-26(2,3)21-11-10-17(19-14-16(12-13-24-19)15-8-9-15)23-22(21)18-6-4-5-7-20(18)25-23;2*1-2-6-10(7-3-1)11-8-4-5-9-12-11;;/h4-5,7-9,12-15H,10-11H2,1-3H3;4-7,11-15H,8-9H2,1-3H3;2*1-6,8-9H;;/q4*-1;;. The van der Waals surface area contributed by atoms with Crippen molar-refractivity contribution in [2.75, 3.05) is 0 Å². The van der Waals surface area contributed by atoms with E-state index in [0.29, 0.717) is 0 Å². The molecule has 6 aromatic carbocycles. The Morgan fingerprint density at radius 3 is 1.45 bits per heavy atom. The monoisotopic (exact) mass is 1440 g/mol. The molecule has 2 fully saturated rings. The van der Waals surface area contributed by atoms with Gasteiger partial charge in [0.1, 0.15) is 0 Å². The number of fused-ring (bicyclic) bond motifs is 6. The summed E-state index contributed by atoms with van der Waals surface area (Å²) in [6.45, 7) is 14.6. The van der Waals surface area contributed by atoms with Crippen LogP contribution in [-0.4, -0.2) is 36.1 Å². The topological polar surface area (TPSA) is 51.6 Å². The summed E-state index contributed by atoms with van der Waals surface area (Å²) < 4.78 is 5.43. The van der Waals surface area contributed by atoms with Gasteiger partial charge in [-0.05, 0) is 117 Å². The Morgan fingerprint density at radius 2 is 0.923 bits per heavy atom. The van der Waals surface area contributed by atoms with Crippen molar-refractivity contribution in [2.24, 2.45) is 0 Å². The Labute approximate surface area is 497 Å². The second-order valence-electron chi connectivity index (χ2n) is 21.7. The minimum Gasteiger partial charge on any atom is -0.305 e. The third-order valence-corrected chi connectivity index (χ3v) is 20.4. The van der Waals surface area contributed by atoms with Crippen molar-refractivity contribution in [2.45, 2.75) is 76.8 Å². The zero-order chi connectivity index (χ0) is 52.2. The van der Waals surface area contributed by atoms with E-state index in [2.05, 4.69) is 158 Å². The number of benzene rings is 6. The van der Waals surface area contributed by atoms with Crippen LogP contribution >= 0.6 is 22.7 Å². The number of nitrogens with zero attached hydrogens (tertiary/aromatic N) is 4. The van der Waals surface area contributed by atoms with Gasteiger partial charge in [0.25, 0.3) is 0 Å². The fourth-order valence-electron chi connectivity index (χ4n) is 9.82. The molecule has 0 N–H and O–H groups in total. The Kier molecular flexibility index (Phi) is 18.2. The first-order valence-electron chi connectivity index (χ1n) is 26.4. The van der Waals surface area contributed by atoms with Crippen molar-refractivity contribution >= 4 is 89.5 Å². The molecule has 12 aromatic rings. The third-order valence-electron chi connectivity index (χ3n) is 14.0. The SMILES string of the molecule is C[Si](C)(C)c1c[c-]c(-c2cc(C3CC3)ccn2)c2sc3ccccc3c12.C[Si](C)(C)c1cccc2sc3c(-c4cc(C5CC5)ccn4)[c-]ccc3c12.[Ir].[Ir].[c-]1ccccc1-c1ccccn1.[c-]1ccccc1-c1ccccn1. The smallest absolute Gasteiger partial charge is 0.0783 e. The largest absolute Gasteiger partial charge is 0.305 e. The Bertz CT molecular complexity index is 3780. The molecule has 0 aliphatic heterocycles. The number of thiophene rings is 2. The maximum Gasteiger partial charge on any atom is 0.0783 e. The van der Waals surface area contributed by atoms with E-state index in [1.165, 1.54) is 87.9 Å². The van der Waals surface area contributed by atoms with Gasteiger partial charge in [0.15, 0.2) is 0 Å². The first kappa shape index (κ1) is 56.8. The minimum absolute atomic E-state index is 0. The summed E-state index contributed by atoms with van der Waals surface area (Å²) in [5.74, 6) is 1.49. The van der Waals surface area contributed by atoms with E-state index in [-0.39, 0.29) is 40.2 Å². The van der Waals surface area contributed by atoms with Gasteiger partial charge in [-0.25, -0.2) is 0 Å². The van der Waals surface area contributed by atoms with Crippen molar-refractivity contribution in [3.05, 3.63) is 230 Å². The predicted molar refractivity (Wildman–Crippen MR) is 330 cm³/mol. The molecule has 0 saturated heterocycles. The maximum atomic E-state index is 4.72. The molecule has 0 amide bonds. The van der Waals surface area contributed by atoms with Gasteiger partial charge in [0.05, 0.1) is 8.07 Å².